The van der Waals surface area contributed by atoms with Crippen LogP contribution in [-0.4, -0.2) is 105 Å². The first-order valence-corrected chi connectivity index (χ1v) is 31.2. The molecule has 0 bridgehead atoms. The number of halogens is 8. The highest BCUT2D eigenvalue weighted by Crippen LogP contribution is 2.43. The second kappa shape index (κ2) is 29.3. The number of fused-ring (bicyclic) bond motifs is 2. The summed E-state index contributed by atoms with van der Waals surface area (Å²) in [6.45, 7) is 2.20. The summed E-state index contributed by atoms with van der Waals surface area (Å²) in [6, 6.07) is 45.6. The van der Waals surface area contributed by atoms with Crippen molar-refractivity contribution in [3.05, 3.63) is 204 Å². The largest absolute Gasteiger partial charge is 0.356 e. The Morgan fingerprint density at radius 2 is 0.990 bits per heavy atom. The van der Waals surface area contributed by atoms with Gasteiger partial charge in [0.05, 0.1) is 53.0 Å². The molecular weight excluding hydrogens is 1270 g/mol. The molecular formula is C71H75F8N11O7. The van der Waals surface area contributed by atoms with Crippen LogP contribution in [0.5, 0.6) is 0 Å². The van der Waals surface area contributed by atoms with E-state index in [4.69, 9.17) is 9.84 Å². The quantitative estimate of drug-likeness (QED) is 0.0563. The molecule has 4 fully saturated rings. The van der Waals surface area contributed by atoms with Crippen LogP contribution in [0.1, 0.15) is 105 Å². The van der Waals surface area contributed by atoms with Crippen molar-refractivity contribution in [2.75, 3.05) is 23.5 Å². The van der Waals surface area contributed by atoms with Gasteiger partial charge in [0.15, 0.2) is 6.23 Å². The van der Waals surface area contributed by atoms with E-state index in [2.05, 4.69) is 37.2 Å². The van der Waals surface area contributed by atoms with E-state index < -0.39 is 71.7 Å². The van der Waals surface area contributed by atoms with Crippen molar-refractivity contribution in [1.29, 1.82) is 0 Å². The number of carbonyl (C=O) groups is 6. The van der Waals surface area contributed by atoms with E-state index in [-0.39, 0.29) is 59.1 Å². The molecule has 7 N–H and O–H groups in total. The van der Waals surface area contributed by atoms with Crippen molar-refractivity contribution >= 4 is 68.6 Å². The molecule has 0 aliphatic carbocycles. The van der Waals surface area contributed by atoms with E-state index >= 15 is 0 Å². The molecule has 4 saturated heterocycles. The first-order valence-electron chi connectivity index (χ1n) is 31.2. The molecule has 97 heavy (non-hydrogen) atoms. The zero-order valence-electron chi connectivity index (χ0n) is 52.9. The molecule has 13 rings (SSSR count). The van der Waals surface area contributed by atoms with Gasteiger partial charge in [0.1, 0.15) is 17.3 Å². The van der Waals surface area contributed by atoms with E-state index in [1.54, 1.807) is 114 Å². The number of amides is 6. The Labute approximate surface area is 556 Å². The van der Waals surface area contributed by atoms with Gasteiger partial charge in [0.2, 0.25) is 17.7 Å². The van der Waals surface area contributed by atoms with Crippen molar-refractivity contribution < 1.29 is 72.9 Å². The molecule has 0 radical (unpaired) electrons. The van der Waals surface area contributed by atoms with Crippen molar-refractivity contribution in [3.8, 4) is 22.5 Å². The Morgan fingerprint density at radius 3 is 1.45 bits per heavy atom. The molecule has 1 unspecified atom stereocenters. The summed E-state index contributed by atoms with van der Waals surface area (Å²) in [4.78, 5) is 76.7. The van der Waals surface area contributed by atoms with Crippen LogP contribution in [0.3, 0.4) is 0 Å². The molecule has 26 heteroatoms. The highest BCUT2D eigenvalue weighted by molar-refractivity contribution is 6.03. The summed E-state index contributed by atoms with van der Waals surface area (Å²) >= 11 is 0. The van der Waals surface area contributed by atoms with Crippen LogP contribution in [0.2, 0.25) is 0 Å². The van der Waals surface area contributed by atoms with E-state index in [1.807, 2.05) is 47.1 Å². The summed E-state index contributed by atoms with van der Waals surface area (Å²) < 4.78 is 115. The standard InChI is InChI=1S/C31H29F3N4O3.C26H21F3N4O2.C13H14F2N2O2.CH5N.3H2/c1-31(33,34)30(40)35-24-18-26(39)37(29(24)20-7-3-2-4-8-20)22-14-15-23-25(17-22)38(27-9-5-6-16-41-27)36-28(23)19-10-12-21(32)13-11-19;1-26(28,29)25(35)30-21-14-22(34)33(24(21)16-5-3-2-4-6-16)18-11-12-19-20(13-18)31-32-23(19)15-7-9-17(27)10-8-15;1-13(14,15)12(19)16-9-7-10(18)17-11(9)8-5-3-2-4-6-8;1-2;;;/h2-4,7-8,10-15,17,24,27,29H,5-6,9,16,18H2,1H3,(H,35,40);2-13,21,24H,14H2,1H3,(H,30,35)(H,31,32);2-6,9,11H,7H2,1H3,(H,16,19)(H,17,18);2H2,1H3;3*1H/t24-,27?,29+;21-,24+;9-,11+;;;;/m000..../s1. The number of carbonyl (C=O) groups excluding carboxylic acids is 6. The molecule has 0 saturated carbocycles. The monoisotopic (exact) mass is 1350 g/mol. The summed E-state index contributed by atoms with van der Waals surface area (Å²) in [5.74, 6) is -16.4. The topological polar surface area (TPSA) is 239 Å². The fourth-order valence-corrected chi connectivity index (χ4v) is 12.3. The number of benzene rings is 7. The zero-order chi connectivity index (χ0) is 69.5. The van der Waals surface area contributed by atoms with Gasteiger partial charge >= 0.3 is 17.8 Å². The number of aromatic nitrogens is 4. The van der Waals surface area contributed by atoms with Gasteiger partial charge in [-0.25, -0.2) is 13.5 Å². The number of nitrogens with one attached hydrogen (secondary N) is 5. The van der Waals surface area contributed by atoms with Gasteiger partial charge in [0, 0.05) is 84.2 Å². The number of anilines is 2. The Balaban J connectivity index is 0.000000217. The fourth-order valence-electron chi connectivity index (χ4n) is 12.3. The van der Waals surface area contributed by atoms with E-state index in [0.717, 1.165) is 52.2 Å². The van der Waals surface area contributed by atoms with Crippen LogP contribution >= 0.6 is 0 Å². The van der Waals surface area contributed by atoms with Crippen LogP contribution in [0.25, 0.3) is 44.3 Å². The Morgan fingerprint density at radius 1 is 0.546 bits per heavy atom. The zero-order valence-corrected chi connectivity index (χ0v) is 52.9. The van der Waals surface area contributed by atoms with E-state index in [1.165, 1.54) is 36.2 Å². The lowest BCUT2D eigenvalue weighted by molar-refractivity contribution is -0.144. The number of ether oxygens (including phenoxy) is 1. The second-order valence-corrected chi connectivity index (χ2v) is 23.8. The molecule has 2 aromatic heterocycles. The fraction of sp³-hybridized carbons (Fsp3) is 0.296. The lowest BCUT2D eigenvalue weighted by Crippen LogP contribution is -2.46. The normalized spacial score (nSPS) is 20.2. The van der Waals surface area contributed by atoms with Crippen molar-refractivity contribution in [2.24, 2.45) is 5.73 Å². The smallest absolute Gasteiger partial charge is 0.321 e. The Bertz CT molecular complexity index is 4300. The number of rotatable bonds is 14. The lowest BCUT2D eigenvalue weighted by atomic mass is 9.99. The van der Waals surface area contributed by atoms with Crippen molar-refractivity contribution in [3.63, 3.8) is 0 Å². The first-order chi connectivity index (χ1) is 46.3. The number of H-pyrrole nitrogens is 1. The third-order valence-corrected chi connectivity index (χ3v) is 16.8. The Kier molecular flexibility index (Phi) is 21.0. The van der Waals surface area contributed by atoms with Crippen LogP contribution < -0.4 is 36.8 Å². The minimum Gasteiger partial charge on any atom is -0.356 e. The molecule has 6 heterocycles. The second-order valence-electron chi connectivity index (χ2n) is 23.8. The maximum atomic E-state index is 13.8. The molecule has 6 amide bonds. The van der Waals surface area contributed by atoms with Crippen LogP contribution in [0, 0.1) is 11.6 Å². The van der Waals surface area contributed by atoms with Gasteiger partial charge < -0.3 is 41.5 Å². The van der Waals surface area contributed by atoms with Crippen molar-refractivity contribution in [2.45, 2.75) is 120 Å². The summed E-state index contributed by atoms with van der Waals surface area (Å²) in [5, 5.41) is 23.4. The van der Waals surface area contributed by atoms with E-state index in [9.17, 15) is 63.9 Å². The van der Waals surface area contributed by atoms with Gasteiger partial charge in [0.25, 0.3) is 17.7 Å². The maximum Gasteiger partial charge on any atom is 0.321 e. The van der Waals surface area contributed by atoms with Gasteiger partial charge in [-0.15, -0.1) is 0 Å². The van der Waals surface area contributed by atoms with Crippen LogP contribution in [0.4, 0.5) is 46.5 Å². The summed E-state index contributed by atoms with van der Waals surface area (Å²) in [5.41, 5.74) is 11.9. The molecule has 9 aromatic rings. The molecule has 0 spiro atoms. The Hall–Kier alpha value is -10.3. The molecule has 7 aromatic carbocycles. The molecule has 512 valence electrons. The molecule has 4 aliphatic heterocycles. The van der Waals surface area contributed by atoms with Crippen LogP contribution in [-0.2, 0) is 33.5 Å². The molecule has 18 nitrogen and oxygen atoms in total. The molecule has 4 aliphatic rings. The number of alkyl halides is 6. The predicted octanol–water partition coefficient (Wildman–Crippen LogP) is 12.8. The summed E-state index contributed by atoms with van der Waals surface area (Å²) in [6.07, 6.45) is 2.13. The highest BCUT2D eigenvalue weighted by atomic mass is 19.3. The van der Waals surface area contributed by atoms with E-state index in [0.29, 0.717) is 66.8 Å². The number of aromatic amines is 1. The van der Waals surface area contributed by atoms with Gasteiger partial charge in [-0.1, -0.05) is 91.0 Å². The maximum absolute atomic E-state index is 13.8. The highest BCUT2D eigenvalue weighted by Gasteiger charge is 2.47. The third-order valence-electron chi connectivity index (χ3n) is 16.8. The molecule has 7 atom stereocenters. The lowest BCUT2D eigenvalue weighted by Gasteiger charge is -2.30. The third kappa shape index (κ3) is 15.8. The minimum atomic E-state index is -3.58. The average molecular weight is 1350 g/mol. The number of hydrogen-bond acceptors (Lipinski definition) is 10. The predicted molar refractivity (Wildman–Crippen MR) is 354 cm³/mol. The van der Waals surface area contributed by atoms with Gasteiger partial charge in [-0.2, -0.15) is 36.5 Å². The number of nitrogens with zero attached hydrogens (tertiary/aromatic N) is 5. The minimum absolute atomic E-state index is 0. The van der Waals surface area contributed by atoms with Crippen molar-refractivity contribution in [1.82, 2.24) is 41.2 Å². The average Bonchev–Trinajstić information content (AvgIpc) is 1.60. The van der Waals surface area contributed by atoms with Gasteiger partial charge in [-0.05, 0) is 128 Å². The number of hydrogen-bond donors (Lipinski definition) is 6. The van der Waals surface area contributed by atoms with Gasteiger partial charge in [-0.3, -0.25) is 33.9 Å². The first kappa shape index (κ1) is 69.5. The number of nitrogens with two attached hydrogens (primary N) is 1. The SMILES string of the molecule is CC(F)(F)C(=O)N[C@H]1CC(=O)N(c2ccc3c(-c4ccc(F)cc4)n[nH]c3c2)[C@@H]1c1ccccc1.CC(F)(F)C(=O)N[C@H]1CC(=O)N(c2ccc3c(-c4ccc(F)cc4)nn(C4CCCCO4)c3c2)[C@@H]1c1ccccc1.CC(F)(F)C(=O)N[C@H]1CC(=O)N[C@@H]1c1ccccc1.CN.[HH].[HH].[HH]. The van der Waals surface area contributed by atoms with Crippen LogP contribution in [0.15, 0.2) is 176 Å². The summed E-state index contributed by atoms with van der Waals surface area (Å²) in [7, 11) is 1.50.